The summed E-state index contributed by atoms with van der Waals surface area (Å²) in [6.07, 6.45) is 3.54. The van der Waals surface area contributed by atoms with Crippen molar-refractivity contribution in [2.45, 2.75) is 13.3 Å². The number of likely N-dealkylation sites (N-methyl/N-ethyl adjacent to an activating group) is 1. The molecule has 1 fully saturated rings. The summed E-state index contributed by atoms with van der Waals surface area (Å²) in [7, 11) is 2.07. The molecule has 1 aromatic carbocycles. The van der Waals surface area contributed by atoms with E-state index in [0.717, 1.165) is 26.2 Å². The van der Waals surface area contributed by atoms with Crippen LogP contribution in [0.25, 0.3) is 0 Å². The monoisotopic (exact) mass is 467 g/mol. The topological polar surface area (TPSA) is 148 Å². The number of nitrogens with two attached hydrogens (primary N) is 2. The van der Waals surface area contributed by atoms with E-state index in [-0.39, 0.29) is 23.1 Å². The number of piperazine rings is 1. The normalized spacial score (nSPS) is 14.1. The first kappa shape index (κ1) is 23.1. The van der Waals surface area contributed by atoms with Crippen molar-refractivity contribution in [3.8, 4) is 11.6 Å². The van der Waals surface area contributed by atoms with Gasteiger partial charge in [-0.05, 0) is 25.6 Å². The number of carbonyl (C=O) groups is 1. The summed E-state index contributed by atoms with van der Waals surface area (Å²) in [5, 5.41) is 2.97. The fourth-order valence-corrected chi connectivity index (χ4v) is 3.42. The van der Waals surface area contributed by atoms with Crippen molar-refractivity contribution < 1.29 is 13.9 Å². The van der Waals surface area contributed by atoms with Crippen molar-refractivity contribution in [1.82, 2.24) is 24.8 Å². The number of nitrogens with one attached hydrogen (secondary N) is 1. The highest BCUT2D eigenvalue weighted by molar-refractivity contribution is 5.96. The molecule has 3 aromatic rings. The number of nitrogen functional groups attached to an aromatic ring is 1. The molecule has 4 rings (SSSR count). The van der Waals surface area contributed by atoms with E-state index in [4.69, 9.17) is 16.2 Å². The number of nitrogens with zero attached hydrogens (tertiary/aromatic N) is 6. The number of aromatic nitrogens is 4. The molecule has 1 saturated heterocycles. The molecule has 0 saturated carbocycles. The Morgan fingerprint density at radius 3 is 2.53 bits per heavy atom. The van der Waals surface area contributed by atoms with E-state index < -0.39 is 11.7 Å². The van der Waals surface area contributed by atoms with Crippen LogP contribution >= 0.6 is 0 Å². The lowest BCUT2D eigenvalue weighted by Crippen LogP contribution is -2.45. The Balaban J connectivity index is 1.62. The van der Waals surface area contributed by atoms with Crippen LogP contribution in [0.1, 0.15) is 23.1 Å². The summed E-state index contributed by atoms with van der Waals surface area (Å²) in [5.41, 5.74) is 12.3. The zero-order chi connectivity index (χ0) is 24.2. The van der Waals surface area contributed by atoms with Crippen molar-refractivity contribution in [3.63, 3.8) is 0 Å². The molecule has 178 valence electrons. The van der Waals surface area contributed by atoms with Crippen LogP contribution in [0.3, 0.4) is 0 Å². The second-order valence-corrected chi connectivity index (χ2v) is 7.87. The van der Waals surface area contributed by atoms with Crippen LogP contribution in [0, 0.1) is 5.82 Å². The molecule has 0 radical (unpaired) electrons. The van der Waals surface area contributed by atoms with Crippen molar-refractivity contribution in [2.24, 2.45) is 5.73 Å². The molecule has 0 spiro atoms. The first-order valence-corrected chi connectivity index (χ1v) is 10.8. The van der Waals surface area contributed by atoms with Gasteiger partial charge in [0.2, 0.25) is 11.8 Å². The van der Waals surface area contributed by atoms with Crippen LogP contribution < -0.4 is 26.4 Å². The van der Waals surface area contributed by atoms with Crippen molar-refractivity contribution in [3.05, 3.63) is 47.8 Å². The second-order valence-electron chi connectivity index (χ2n) is 7.87. The zero-order valence-corrected chi connectivity index (χ0v) is 19.0. The Hall–Kier alpha value is -4.06. The van der Waals surface area contributed by atoms with E-state index in [2.05, 4.69) is 42.1 Å². The Bertz CT molecular complexity index is 1180. The number of amides is 1. The van der Waals surface area contributed by atoms with Crippen molar-refractivity contribution in [2.75, 3.05) is 49.2 Å². The third-order valence-corrected chi connectivity index (χ3v) is 5.35. The highest BCUT2D eigenvalue weighted by Crippen LogP contribution is 2.30. The number of carbonyl (C=O) groups excluding carboxylic acids is 1. The largest absolute Gasteiger partial charge is 0.434 e. The first-order chi connectivity index (χ1) is 16.3. The lowest BCUT2D eigenvalue weighted by Gasteiger charge is -2.32. The molecule has 1 aliphatic heterocycles. The zero-order valence-electron chi connectivity index (χ0n) is 19.0. The average Bonchev–Trinajstić information content (AvgIpc) is 2.82. The minimum Gasteiger partial charge on any atom is -0.434 e. The first-order valence-electron chi connectivity index (χ1n) is 10.8. The summed E-state index contributed by atoms with van der Waals surface area (Å²) < 4.78 is 19.9. The van der Waals surface area contributed by atoms with E-state index in [1.807, 2.05) is 0 Å². The van der Waals surface area contributed by atoms with Gasteiger partial charge in [-0.3, -0.25) is 4.79 Å². The van der Waals surface area contributed by atoms with Crippen LogP contribution in [0.4, 0.5) is 27.5 Å². The summed E-state index contributed by atoms with van der Waals surface area (Å²) in [5.74, 6) is -0.820. The lowest BCUT2D eigenvalue weighted by molar-refractivity contribution is 0.0996. The summed E-state index contributed by atoms with van der Waals surface area (Å²) in [6.45, 7) is 5.33. The smallest absolute Gasteiger partial charge is 0.271 e. The summed E-state index contributed by atoms with van der Waals surface area (Å²) in [6, 6.07) is 3.96. The van der Waals surface area contributed by atoms with Crippen LogP contribution in [0.5, 0.6) is 11.6 Å². The molecule has 0 unspecified atom stereocenters. The quantitative estimate of drug-likeness (QED) is 0.440. The molecule has 11 nitrogen and oxygen atoms in total. The van der Waals surface area contributed by atoms with Gasteiger partial charge in [0.1, 0.15) is 5.69 Å². The van der Waals surface area contributed by atoms with E-state index >= 15 is 0 Å². The van der Waals surface area contributed by atoms with Gasteiger partial charge >= 0.3 is 0 Å². The molecule has 2 aromatic heterocycles. The average molecular weight is 468 g/mol. The third-order valence-electron chi connectivity index (χ3n) is 5.35. The molecule has 0 bridgehead atoms. The Morgan fingerprint density at radius 2 is 1.88 bits per heavy atom. The van der Waals surface area contributed by atoms with Gasteiger partial charge in [-0.2, -0.15) is 4.98 Å². The highest BCUT2D eigenvalue weighted by atomic mass is 19.1. The number of hydrogen-bond donors (Lipinski definition) is 3. The van der Waals surface area contributed by atoms with Gasteiger partial charge in [-0.25, -0.2) is 19.3 Å². The number of benzene rings is 1. The lowest BCUT2D eigenvalue weighted by atomic mass is 10.2. The van der Waals surface area contributed by atoms with Crippen molar-refractivity contribution in [1.29, 1.82) is 0 Å². The Labute approximate surface area is 196 Å². The van der Waals surface area contributed by atoms with Crippen LogP contribution in [0.2, 0.25) is 0 Å². The minimum atomic E-state index is -0.777. The summed E-state index contributed by atoms with van der Waals surface area (Å²) >= 11 is 0. The van der Waals surface area contributed by atoms with Crippen LogP contribution in [0.15, 0.2) is 30.6 Å². The molecule has 3 heterocycles. The van der Waals surface area contributed by atoms with E-state index in [1.165, 1.54) is 18.2 Å². The molecule has 5 N–H and O–H groups in total. The van der Waals surface area contributed by atoms with Gasteiger partial charge in [0, 0.05) is 37.9 Å². The SMILES string of the molecule is CCc1nc(C(N)=O)c(Nc2cnc(N3CCN(C)CC3)nc2)nc1Oc1cc(N)ccc1F. The predicted octanol–water partition coefficient (Wildman–Crippen LogP) is 1.94. The summed E-state index contributed by atoms with van der Waals surface area (Å²) in [4.78, 5) is 33.9. The molecule has 1 amide bonds. The van der Waals surface area contributed by atoms with Gasteiger partial charge in [-0.15, -0.1) is 0 Å². The van der Waals surface area contributed by atoms with Gasteiger partial charge < -0.3 is 31.3 Å². The standard InChI is InChI=1S/C22H26FN9O2/c1-3-16-21(34-17-10-13(24)4-5-15(17)23)30-20(18(29-16)19(25)33)28-14-11-26-22(27-12-14)32-8-6-31(2)7-9-32/h4-5,10-12H,3,6-9,24H2,1-2H3,(H2,25,33)(H,28,30). The molecule has 0 atom stereocenters. The number of primary amides is 1. The second kappa shape index (κ2) is 9.83. The minimum absolute atomic E-state index is 0.0227. The maximum absolute atomic E-state index is 14.2. The molecule has 12 heteroatoms. The van der Waals surface area contributed by atoms with Crippen molar-refractivity contribution >= 4 is 29.0 Å². The molecular formula is C22H26FN9O2. The van der Waals surface area contributed by atoms with Crippen LogP contribution in [-0.4, -0.2) is 64.0 Å². The van der Waals surface area contributed by atoms with Gasteiger partial charge in [0.15, 0.2) is 23.1 Å². The number of halogens is 1. The van der Waals surface area contributed by atoms with E-state index in [0.29, 0.717) is 29.4 Å². The molecule has 0 aliphatic carbocycles. The number of anilines is 4. The predicted molar refractivity (Wildman–Crippen MR) is 126 cm³/mol. The van der Waals surface area contributed by atoms with Crippen LogP contribution in [-0.2, 0) is 6.42 Å². The number of ether oxygens (including phenoxy) is 1. The Morgan fingerprint density at radius 1 is 1.18 bits per heavy atom. The fraction of sp³-hybridized carbons (Fsp3) is 0.318. The Kier molecular flexibility index (Phi) is 6.68. The third kappa shape index (κ3) is 5.12. The highest BCUT2D eigenvalue weighted by Gasteiger charge is 2.21. The number of aryl methyl sites for hydroxylation is 1. The van der Waals surface area contributed by atoms with E-state index in [1.54, 1.807) is 19.3 Å². The molecular weight excluding hydrogens is 441 g/mol. The maximum atomic E-state index is 14.2. The van der Waals surface area contributed by atoms with Gasteiger partial charge in [0.05, 0.1) is 18.1 Å². The number of rotatable bonds is 7. The van der Waals surface area contributed by atoms with Gasteiger partial charge in [-0.1, -0.05) is 6.92 Å². The fourth-order valence-electron chi connectivity index (χ4n) is 3.42. The molecule has 1 aliphatic rings. The van der Waals surface area contributed by atoms with Gasteiger partial charge in [0.25, 0.3) is 5.91 Å². The molecule has 34 heavy (non-hydrogen) atoms. The number of hydrogen-bond acceptors (Lipinski definition) is 10. The maximum Gasteiger partial charge on any atom is 0.271 e. The van der Waals surface area contributed by atoms with E-state index in [9.17, 15) is 9.18 Å².